The van der Waals surface area contributed by atoms with Gasteiger partial charge in [-0.3, -0.25) is 9.89 Å². The van der Waals surface area contributed by atoms with E-state index in [9.17, 15) is 0 Å². The van der Waals surface area contributed by atoms with Crippen LogP contribution in [0.5, 0.6) is 0 Å². The Morgan fingerprint density at radius 1 is 0.920 bits per heavy atom. The third-order valence-corrected chi connectivity index (χ3v) is 5.60. The summed E-state index contributed by atoms with van der Waals surface area (Å²) in [5.74, 6) is 0.851. The number of fused-ring (bicyclic) bond motifs is 1. The second kappa shape index (κ2) is 7.83. The van der Waals surface area contributed by atoms with Crippen LogP contribution in [0, 0.1) is 5.92 Å². The van der Waals surface area contributed by atoms with Crippen LogP contribution in [0.1, 0.15) is 42.9 Å². The number of piperidine rings is 1. The highest BCUT2D eigenvalue weighted by Crippen LogP contribution is 2.34. The van der Waals surface area contributed by atoms with Crippen molar-refractivity contribution < 1.29 is 0 Å². The highest BCUT2D eigenvalue weighted by molar-refractivity contribution is 5.80. The van der Waals surface area contributed by atoms with E-state index in [1.54, 1.807) is 0 Å². The Hall–Kier alpha value is -2.13. The summed E-state index contributed by atoms with van der Waals surface area (Å²) in [5.41, 5.74) is 4.01. The number of para-hydroxylation sites is 1. The first-order valence-corrected chi connectivity index (χ1v) is 9.52. The van der Waals surface area contributed by atoms with Crippen molar-refractivity contribution in [3.8, 4) is 0 Å². The van der Waals surface area contributed by atoms with Crippen LogP contribution in [0.4, 0.5) is 5.69 Å². The predicted octanol–water partition coefficient (Wildman–Crippen LogP) is 4.87. The summed E-state index contributed by atoms with van der Waals surface area (Å²) >= 11 is 0. The Labute approximate surface area is 150 Å². The topological polar surface area (TPSA) is 27.6 Å². The summed E-state index contributed by atoms with van der Waals surface area (Å²) in [5, 5.41) is 3.26. The molecule has 0 spiro atoms. The molecule has 25 heavy (non-hydrogen) atoms. The van der Waals surface area contributed by atoms with Crippen LogP contribution in [0.2, 0.25) is 0 Å². The highest BCUT2D eigenvalue weighted by Gasteiger charge is 2.22. The lowest BCUT2D eigenvalue weighted by atomic mass is 9.88. The summed E-state index contributed by atoms with van der Waals surface area (Å²) in [7, 11) is 0. The van der Waals surface area contributed by atoms with Gasteiger partial charge in [0.05, 0.1) is 12.4 Å². The summed E-state index contributed by atoms with van der Waals surface area (Å²) in [6.45, 7) is 3.55. The molecule has 0 amide bonds. The van der Waals surface area contributed by atoms with E-state index in [-0.39, 0.29) is 0 Å². The average Bonchev–Trinajstić information content (AvgIpc) is 2.68. The quantitative estimate of drug-likeness (QED) is 0.845. The molecule has 2 heterocycles. The fraction of sp³-hybridized carbons (Fsp3) is 0.409. The fourth-order valence-corrected chi connectivity index (χ4v) is 4.09. The molecule has 3 heteroatoms. The van der Waals surface area contributed by atoms with Gasteiger partial charge in [0.1, 0.15) is 0 Å². The maximum atomic E-state index is 4.68. The van der Waals surface area contributed by atoms with Crippen molar-refractivity contribution in [1.29, 1.82) is 0 Å². The van der Waals surface area contributed by atoms with Crippen LogP contribution >= 0.6 is 0 Å². The first kappa shape index (κ1) is 16.3. The molecule has 0 bridgehead atoms. The van der Waals surface area contributed by atoms with Crippen molar-refractivity contribution in [1.82, 2.24) is 4.90 Å². The number of aliphatic imine (C=N–C) groups is 1. The van der Waals surface area contributed by atoms with Crippen LogP contribution in [0.25, 0.3) is 0 Å². The van der Waals surface area contributed by atoms with Gasteiger partial charge in [0.15, 0.2) is 0 Å². The second-order valence-electron chi connectivity index (χ2n) is 7.31. The van der Waals surface area contributed by atoms with E-state index in [2.05, 4.69) is 69.8 Å². The molecule has 1 N–H and O–H groups in total. The van der Waals surface area contributed by atoms with Gasteiger partial charge in [-0.2, -0.15) is 0 Å². The van der Waals surface area contributed by atoms with Crippen LogP contribution in [-0.2, 0) is 6.54 Å². The van der Waals surface area contributed by atoms with Crippen molar-refractivity contribution in [2.45, 2.75) is 38.3 Å². The lowest BCUT2D eigenvalue weighted by Crippen LogP contribution is -2.33. The van der Waals surface area contributed by atoms with Crippen LogP contribution in [0.3, 0.4) is 0 Å². The van der Waals surface area contributed by atoms with Gasteiger partial charge >= 0.3 is 0 Å². The number of rotatable bonds is 5. The number of nitrogens with one attached hydrogen (secondary N) is 1. The largest absolute Gasteiger partial charge is 0.346 e. The molecule has 2 aromatic carbocycles. The minimum absolute atomic E-state index is 0.333. The molecule has 0 saturated carbocycles. The first-order valence-electron chi connectivity index (χ1n) is 9.52. The summed E-state index contributed by atoms with van der Waals surface area (Å²) in [4.78, 5) is 7.28. The standard InChI is InChI=1S/C22H27N3/c1-2-6-19(7-3-1)16-25-14-12-18(13-15-25)10-11-22-20-8-4-5-9-21(20)23-17-24-22/h1-9,17-18,22H,10-16H2,(H,23,24). The summed E-state index contributed by atoms with van der Waals surface area (Å²) < 4.78 is 0. The number of hydrogen-bond donors (Lipinski definition) is 1. The Morgan fingerprint density at radius 2 is 1.68 bits per heavy atom. The maximum Gasteiger partial charge on any atom is 0.0875 e. The number of likely N-dealkylation sites (tertiary alicyclic amines) is 1. The first-order chi connectivity index (χ1) is 12.4. The highest BCUT2D eigenvalue weighted by atomic mass is 15.1. The Kier molecular flexibility index (Phi) is 5.12. The lowest BCUT2D eigenvalue weighted by molar-refractivity contribution is 0.169. The minimum atomic E-state index is 0.333. The van der Waals surface area contributed by atoms with Gasteiger partial charge < -0.3 is 5.32 Å². The SMILES string of the molecule is C1=NC(CCC2CCN(Cc3ccccc3)CC2)c2ccccc2N1. The number of hydrogen-bond acceptors (Lipinski definition) is 3. The number of nitrogens with zero attached hydrogens (tertiary/aromatic N) is 2. The van der Waals surface area contributed by atoms with Crippen molar-refractivity contribution in [2.24, 2.45) is 10.9 Å². The second-order valence-corrected chi connectivity index (χ2v) is 7.31. The van der Waals surface area contributed by atoms with Gasteiger partial charge in [-0.05, 0) is 56.3 Å². The van der Waals surface area contributed by atoms with E-state index in [4.69, 9.17) is 0 Å². The van der Waals surface area contributed by atoms with Crippen molar-refractivity contribution in [3.05, 3.63) is 65.7 Å². The lowest BCUT2D eigenvalue weighted by Gasteiger charge is -2.32. The molecule has 1 unspecified atom stereocenters. The average molecular weight is 333 g/mol. The molecule has 3 nitrogen and oxygen atoms in total. The van der Waals surface area contributed by atoms with E-state index < -0.39 is 0 Å². The fourth-order valence-electron chi connectivity index (χ4n) is 4.09. The van der Waals surface area contributed by atoms with Gasteiger partial charge in [0, 0.05) is 17.8 Å². The van der Waals surface area contributed by atoms with Crippen LogP contribution in [0.15, 0.2) is 59.6 Å². The zero-order chi connectivity index (χ0) is 16.9. The summed E-state index contributed by atoms with van der Waals surface area (Å²) in [6.07, 6.45) is 6.97. The third kappa shape index (κ3) is 4.10. The zero-order valence-electron chi connectivity index (χ0n) is 14.8. The molecule has 130 valence electrons. The molecule has 1 saturated heterocycles. The Balaban J connectivity index is 1.25. The van der Waals surface area contributed by atoms with Gasteiger partial charge in [0.2, 0.25) is 0 Å². The van der Waals surface area contributed by atoms with Crippen LogP contribution < -0.4 is 5.32 Å². The van der Waals surface area contributed by atoms with Gasteiger partial charge in [0.25, 0.3) is 0 Å². The number of anilines is 1. The maximum absolute atomic E-state index is 4.68. The molecule has 1 atom stereocenters. The van der Waals surface area contributed by atoms with Gasteiger partial charge in [-0.25, -0.2) is 0 Å². The van der Waals surface area contributed by atoms with E-state index >= 15 is 0 Å². The molecular weight excluding hydrogens is 306 g/mol. The molecule has 0 radical (unpaired) electrons. The van der Waals surface area contributed by atoms with E-state index in [1.165, 1.54) is 55.6 Å². The zero-order valence-corrected chi connectivity index (χ0v) is 14.8. The normalized spacial score (nSPS) is 20.9. The molecule has 2 aromatic rings. The van der Waals surface area contributed by atoms with Crippen molar-refractivity contribution in [2.75, 3.05) is 18.4 Å². The minimum Gasteiger partial charge on any atom is -0.346 e. The smallest absolute Gasteiger partial charge is 0.0875 e. The van der Waals surface area contributed by atoms with Crippen molar-refractivity contribution in [3.63, 3.8) is 0 Å². The molecule has 0 aliphatic carbocycles. The van der Waals surface area contributed by atoms with E-state index in [0.29, 0.717) is 6.04 Å². The molecule has 4 rings (SSSR count). The monoisotopic (exact) mass is 333 g/mol. The molecule has 2 aliphatic heterocycles. The van der Waals surface area contributed by atoms with Crippen molar-refractivity contribution >= 4 is 12.0 Å². The Bertz CT molecular complexity index is 702. The van der Waals surface area contributed by atoms with Gasteiger partial charge in [-0.15, -0.1) is 0 Å². The Morgan fingerprint density at radius 3 is 2.52 bits per heavy atom. The summed E-state index contributed by atoms with van der Waals surface area (Å²) in [6, 6.07) is 19.7. The molecule has 2 aliphatic rings. The molecular formula is C22H27N3. The number of benzene rings is 2. The van der Waals surface area contributed by atoms with Gasteiger partial charge in [-0.1, -0.05) is 48.5 Å². The molecule has 0 aromatic heterocycles. The van der Waals surface area contributed by atoms with E-state index in [0.717, 1.165) is 12.5 Å². The third-order valence-electron chi connectivity index (χ3n) is 5.60. The predicted molar refractivity (Wildman–Crippen MR) is 105 cm³/mol. The molecule has 1 fully saturated rings. The van der Waals surface area contributed by atoms with Crippen LogP contribution in [-0.4, -0.2) is 24.3 Å². The van der Waals surface area contributed by atoms with E-state index in [1.807, 2.05) is 6.34 Å².